The van der Waals surface area contributed by atoms with E-state index in [0.717, 1.165) is 0 Å². The summed E-state index contributed by atoms with van der Waals surface area (Å²) in [6.45, 7) is 0. The minimum atomic E-state index is -0.965. The highest BCUT2D eigenvalue weighted by Crippen LogP contribution is 2.03. The number of carboxylic acids is 1. The van der Waals surface area contributed by atoms with Crippen LogP contribution in [-0.2, 0) is 11.2 Å². The van der Waals surface area contributed by atoms with Gasteiger partial charge in [-0.15, -0.1) is 0 Å². The molecule has 0 aliphatic rings. The number of rotatable bonds is 2. The highest BCUT2D eigenvalue weighted by Gasteiger charge is 2.05. The number of hydrogen-bond donors (Lipinski definition) is 1. The lowest BCUT2D eigenvalue weighted by atomic mass is 10.4. The Balaban J connectivity index is 2.46. The van der Waals surface area contributed by atoms with E-state index < -0.39 is 5.97 Å². The molecule has 0 aliphatic carbocycles. The van der Waals surface area contributed by atoms with Crippen molar-refractivity contribution in [2.45, 2.75) is 6.42 Å². The fourth-order valence-electron chi connectivity index (χ4n) is 1.03. The maximum absolute atomic E-state index is 10.4. The van der Waals surface area contributed by atoms with Crippen molar-refractivity contribution < 1.29 is 9.90 Å². The van der Waals surface area contributed by atoms with Crippen molar-refractivity contribution in [2.24, 2.45) is 0 Å². The van der Waals surface area contributed by atoms with Gasteiger partial charge in [0.2, 0.25) is 0 Å². The van der Waals surface area contributed by atoms with E-state index in [2.05, 4.69) is 19.9 Å². The third-order valence-electron chi connectivity index (χ3n) is 1.59. The van der Waals surface area contributed by atoms with Crippen molar-refractivity contribution in [3.8, 4) is 0 Å². The van der Waals surface area contributed by atoms with Gasteiger partial charge in [0.1, 0.15) is 17.8 Å². The summed E-state index contributed by atoms with van der Waals surface area (Å²) in [6, 6.07) is 0. The van der Waals surface area contributed by atoms with Crippen LogP contribution in [0.3, 0.4) is 0 Å². The van der Waals surface area contributed by atoms with Crippen LogP contribution in [-0.4, -0.2) is 31.0 Å². The molecule has 0 radical (unpaired) electrons. The first-order valence-electron chi connectivity index (χ1n) is 3.90. The molecule has 2 aromatic rings. The van der Waals surface area contributed by atoms with Gasteiger partial charge in [-0.2, -0.15) is 0 Å². The summed E-state index contributed by atoms with van der Waals surface area (Å²) in [4.78, 5) is 26.1. The van der Waals surface area contributed by atoms with Gasteiger partial charge in [-0.3, -0.25) is 4.79 Å². The van der Waals surface area contributed by atoms with Crippen LogP contribution < -0.4 is 0 Å². The van der Waals surface area contributed by atoms with E-state index in [9.17, 15) is 4.79 Å². The van der Waals surface area contributed by atoms with Gasteiger partial charge in [0.15, 0.2) is 5.65 Å². The first kappa shape index (κ1) is 8.49. The van der Waals surface area contributed by atoms with Gasteiger partial charge in [0, 0.05) is 12.4 Å². The minimum Gasteiger partial charge on any atom is -0.481 e. The summed E-state index contributed by atoms with van der Waals surface area (Å²) >= 11 is 0. The van der Waals surface area contributed by atoms with Gasteiger partial charge < -0.3 is 5.11 Å². The molecule has 6 heteroatoms. The second-order valence-electron chi connectivity index (χ2n) is 2.62. The number of aliphatic carboxylic acids is 1. The van der Waals surface area contributed by atoms with Crippen LogP contribution in [0.25, 0.3) is 11.2 Å². The van der Waals surface area contributed by atoms with E-state index in [1.807, 2.05) is 0 Å². The minimum absolute atomic E-state index is 0.202. The van der Waals surface area contributed by atoms with Crippen LogP contribution in [0.5, 0.6) is 0 Å². The summed E-state index contributed by atoms with van der Waals surface area (Å²) in [7, 11) is 0. The lowest BCUT2D eigenvalue weighted by Crippen LogP contribution is -2.05. The summed E-state index contributed by atoms with van der Waals surface area (Å²) < 4.78 is 0. The Morgan fingerprint density at radius 2 is 2.07 bits per heavy atom. The molecule has 0 spiro atoms. The van der Waals surface area contributed by atoms with Crippen LogP contribution in [0.1, 0.15) is 5.82 Å². The highest BCUT2D eigenvalue weighted by molar-refractivity contribution is 5.71. The maximum atomic E-state index is 10.4. The van der Waals surface area contributed by atoms with Crippen LogP contribution in [0, 0.1) is 0 Å². The van der Waals surface area contributed by atoms with Crippen molar-refractivity contribution >= 4 is 17.1 Å². The lowest BCUT2D eigenvalue weighted by molar-refractivity contribution is -0.136. The molecule has 0 saturated carbocycles. The Bertz CT molecular complexity index is 485. The standard InChI is InChI=1S/C8H6N4O2/c13-7(14)3-6-11-4-5-8(12-6)10-2-1-9-5/h1-2,4H,3H2,(H,13,14). The van der Waals surface area contributed by atoms with Gasteiger partial charge in [-0.05, 0) is 0 Å². The van der Waals surface area contributed by atoms with Crippen molar-refractivity contribution in [3.63, 3.8) is 0 Å². The molecule has 70 valence electrons. The Morgan fingerprint density at radius 3 is 2.86 bits per heavy atom. The van der Waals surface area contributed by atoms with E-state index >= 15 is 0 Å². The number of aromatic nitrogens is 4. The molecular formula is C8H6N4O2. The predicted molar refractivity (Wildman–Crippen MR) is 46.5 cm³/mol. The molecule has 0 aliphatic heterocycles. The number of hydrogen-bond acceptors (Lipinski definition) is 5. The molecule has 0 aromatic carbocycles. The second kappa shape index (κ2) is 3.33. The molecule has 0 atom stereocenters. The molecule has 2 aromatic heterocycles. The summed E-state index contributed by atoms with van der Waals surface area (Å²) in [5.41, 5.74) is 0.973. The molecule has 0 unspecified atom stereocenters. The first-order chi connectivity index (χ1) is 6.75. The lowest BCUT2D eigenvalue weighted by Gasteiger charge is -1.96. The SMILES string of the molecule is O=C(O)Cc1ncc2nccnc2n1. The Morgan fingerprint density at radius 1 is 1.29 bits per heavy atom. The molecule has 2 rings (SSSR count). The molecular weight excluding hydrogens is 184 g/mol. The second-order valence-corrected chi connectivity index (χ2v) is 2.62. The quantitative estimate of drug-likeness (QED) is 0.719. The maximum Gasteiger partial charge on any atom is 0.311 e. The summed E-state index contributed by atoms with van der Waals surface area (Å²) in [5.74, 6) is -0.723. The van der Waals surface area contributed by atoms with Crippen molar-refractivity contribution in [1.29, 1.82) is 0 Å². The van der Waals surface area contributed by atoms with Crippen molar-refractivity contribution in [2.75, 3.05) is 0 Å². The molecule has 0 bridgehead atoms. The number of fused-ring (bicyclic) bond motifs is 1. The fourth-order valence-corrected chi connectivity index (χ4v) is 1.03. The third kappa shape index (κ3) is 1.63. The molecule has 0 fully saturated rings. The number of nitrogens with zero attached hydrogens (tertiary/aromatic N) is 4. The van der Waals surface area contributed by atoms with Crippen LogP contribution in [0.2, 0.25) is 0 Å². The molecule has 2 heterocycles. The Labute approximate surface area is 78.7 Å². The molecule has 0 amide bonds. The Kier molecular flexibility index (Phi) is 2.02. The van der Waals surface area contributed by atoms with Gasteiger partial charge in [0.05, 0.1) is 6.20 Å². The molecule has 14 heavy (non-hydrogen) atoms. The Hall–Kier alpha value is -2.11. The smallest absolute Gasteiger partial charge is 0.311 e. The zero-order valence-electron chi connectivity index (χ0n) is 7.08. The molecule has 6 nitrogen and oxygen atoms in total. The van der Waals surface area contributed by atoms with Crippen molar-refractivity contribution in [3.05, 3.63) is 24.4 Å². The first-order valence-corrected chi connectivity index (χ1v) is 3.90. The molecule has 0 saturated heterocycles. The van der Waals surface area contributed by atoms with Gasteiger partial charge in [-0.1, -0.05) is 0 Å². The zero-order chi connectivity index (χ0) is 9.97. The average molecular weight is 190 g/mol. The zero-order valence-corrected chi connectivity index (χ0v) is 7.08. The largest absolute Gasteiger partial charge is 0.481 e. The van der Waals surface area contributed by atoms with Gasteiger partial charge in [0.25, 0.3) is 0 Å². The highest BCUT2D eigenvalue weighted by atomic mass is 16.4. The summed E-state index contributed by atoms with van der Waals surface area (Å²) in [5, 5.41) is 8.52. The number of carboxylic acid groups (broad SMARTS) is 1. The topological polar surface area (TPSA) is 88.9 Å². The van der Waals surface area contributed by atoms with E-state index in [4.69, 9.17) is 5.11 Å². The average Bonchev–Trinajstić information content (AvgIpc) is 2.17. The van der Waals surface area contributed by atoms with Crippen molar-refractivity contribution in [1.82, 2.24) is 19.9 Å². The van der Waals surface area contributed by atoms with E-state index in [1.165, 1.54) is 18.6 Å². The monoisotopic (exact) mass is 190 g/mol. The van der Waals surface area contributed by atoms with Crippen LogP contribution >= 0.6 is 0 Å². The summed E-state index contributed by atoms with van der Waals surface area (Å²) in [6.07, 6.45) is 4.29. The number of carbonyl (C=O) groups is 1. The predicted octanol–water partition coefficient (Wildman–Crippen LogP) is 0.0469. The van der Waals surface area contributed by atoms with Gasteiger partial charge in [-0.25, -0.2) is 19.9 Å². The van der Waals surface area contributed by atoms with Crippen LogP contribution in [0.4, 0.5) is 0 Å². The fraction of sp³-hybridized carbons (Fsp3) is 0.125. The normalized spacial score (nSPS) is 10.3. The third-order valence-corrected chi connectivity index (χ3v) is 1.59. The van der Waals surface area contributed by atoms with E-state index in [1.54, 1.807) is 0 Å². The van der Waals surface area contributed by atoms with E-state index in [-0.39, 0.29) is 12.2 Å². The van der Waals surface area contributed by atoms with E-state index in [0.29, 0.717) is 11.2 Å². The van der Waals surface area contributed by atoms with Gasteiger partial charge >= 0.3 is 5.97 Å². The van der Waals surface area contributed by atoms with Crippen LogP contribution in [0.15, 0.2) is 18.6 Å². The molecule has 1 N–H and O–H groups in total.